The van der Waals surface area contributed by atoms with Crippen molar-refractivity contribution in [2.24, 2.45) is 21.7 Å². The molecule has 122 valence electrons. The minimum atomic E-state index is -0.614. The zero-order chi connectivity index (χ0) is 16.6. The van der Waals surface area contributed by atoms with E-state index in [1.54, 1.807) is 0 Å². The topological polar surface area (TPSA) is 20.2 Å². The second-order valence-corrected chi connectivity index (χ2v) is 9.28. The summed E-state index contributed by atoms with van der Waals surface area (Å²) in [6, 6.07) is 0. The molecule has 0 atom stereocenters. The van der Waals surface area contributed by atoms with Crippen molar-refractivity contribution in [3.8, 4) is 0 Å². The molecule has 0 radical (unpaired) electrons. The highest BCUT2D eigenvalue weighted by Crippen LogP contribution is 2.68. The second-order valence-electron chi connectivity index (χ2n) is 9.28. The summed E-state index contributed by atoms with van der Waals surface area (Å²) in [6.45, 7) is 24.2. The van der Waals surface area contributed by atoms with Gasteiger partial charge >= 0.3 is 0 Å². The quantitative estimate of drug-likeness (QED) is 0.666. The fraction of sp³-hybridized carbons (Fsp3) is 1.00. The molecule has 0 aromatic rings. The first kappa shape index (κ1) is 20.0. The Morgan fingerprint density at radius 2 is 1.15 bits per heavy atom. The molecule has 1 fully saturated rings. The summed E-state index contributed by atoms with van der Waals surface area (Å²) in [5.41, 5.74) is 0.284. The third-order valence-electron chi connectivity index (χ3n) is 6.52. The van der Waals surface area contributed by atoms with Crippen LogP contribution >= 0.6 is 0 Å². The average Bonchev–Trinajstić information content (AvgIpc) is 2.98. The molecule has 0 aromatic heterocycles. The molecule has 0 bridgehead atoms. The Bertz CT molecular complexity index is 306. The Hall–Kier alpha value is -0.0400. The highest BCUT2D eigenvalue weighted by Gasteiger charge is 2.61. The van der Waals surface area contributed by atoms with E-state index in [9.17, 15) is 5.11 Å². The van der Waals surface area contributed by atoms with Gasteiger partial charge in [-0.2, -0.15) is 0 Å². The zero-order valence-electron chi connectivity index (χ0n) is 16.1. The summed E-state index contributed by atoms with van der Waals surface area (Å²) < 4.78 is 0. The van der Waals surface area contributed by atoms with Gasteiger partial charge in [-0.3, -0.25) is 0 Å². The van der Waals surface area contributed by atoms with Crippen LogP contribution in [0.1, 0.15) is 95.4 Å². The van der Waals surface area contributed by atoms with Crippen molar-refractivity contribution >= 4 is 0 Å². The van der Waals surface area contributed by atoms with Gasteiger partial charge in [-0.05, 0) is 54.8 Å². The Morgan fingerprint density at radius 1 is 0.800 bits per heavy atom. The molecule has 0 aromatic carbocycles. The van der Waals surface area contributed by atoms with Crippen LogP contribution in [0.3, 0.4) is 0 Å². The maximum atomic E-state index is 10.5. The van der Waals surface area contributed by atoms with Crippen LogP contribution in [-0.4, -0.2) is 10.7 Å². The molecule has 1 aliphatic rings. The molecule has 1 N–H and O–H groups in total. The smallest absolute Gasteiger partial charge is 0.0647 e. The van der Waals surface area contributed by atoms with E-state index in [1.807, 2.05) is 27.7 Å². The van der Waals surface area contributed by atoms with Crippen molar-refractivity contribution in [1.29, 1.82) is 0 Å². The predicted octanol–water partition coefficient (Wildman–Crippen LogP) is 6.05. The number of rotatable bonds is 4. The lowest BCUT2D eigenvalue weighted by atomic mass is 9.56. The second kappa shape index (κ2) is 5.63. The minimum absolute atomic E-state index is 0.0253. The molecule has 1 aliphatic carbocycles. The van der Waals surface area contributed by atoms with Gasteiger partial charge in [-0.1, -0.05) is 62.3 Å². The molecule has 1 heteroatoms. The largest absolute Gasteiger partial charge is 0.390 e. The lowest BCUT2D eigenvalue weighted by molar-refractivity contribution is -0.0958. The monoisotopic (exact) mass is 284 g/mol. The number of hydrogen-bond donors (Lipinski definition) is 1. The van der Waals surface area contributed by atoms with Gasteiger partial charge in [0.15, 0.2) is 0 Å². The molecule has 1 saturated carbocycles. The Labute approximate surface area is 128 Å². The van der Waals surface area contributed by atoms with E-state index in [4.69, 9.17) is 0 Å². The third-order valence-corrected chi connectivity index (χ3v) is 6.52. The summed E-state index contributed by atoms with van der Waals surface area (Å²) in [5.74, 6) is 0. The first-order valence-electron chi connectivity index (χ1n) is 8.39. The van der Waals surface area contributed by atoms with E-state index in [-0.39, 0.29) is 5.41 Å². The van der Waals surface area contributed by atoms with Crippen molar-refractivity contribution in [3.05, 3.63) is 0 Å². The SMILES string of the molecule is CC.CC(C)(C)C(C)(C)CC1(C(C)(C)C(C)(C)O)CC1. The van der Waals surface area contributed by atoms with Gasteiger partial charge in [0, 0.05) is 0 Å². The van der Waals surface area contributed by atoms with Crippen LogP contribution in [0.2, 0.25) is 0 Å². The highest BCUT2D eigenvalue weighted by atomic mass is 16.3. The van der Waals surface area contributed by atoms with Crippen LogP contribution in [0.5, 0.6) is 0 Å². The van der Waals surface area contributed by atoms with E-state index >= 15 is 0 Å². The van der Waals surface area contributed by atoms with Crippen molar-refractivity contribution in [2.75, 3.05) is 0 Å². The molecule has 0 saturated heterocycles. The molecular formula is C19H40O. The molecular weight excluding hydrogens is 244 g/mol. The Morgan fingerprint density at radius 3 is 1.35 bits per heavy atom. The highest BCUT2D eigenvalue weighted by molar-refractivity contribution is 5.11. The minimum Gasteiger partial charge on any atom is -0.390 e. The molecule has 0 aliphatic heterocycles. The van der Waals surface area contributed by atoms with Crippen LogP contribution < -0.4 is 0 Å². The standard InChI is InChI=1S/C17H34O.C2H6/c1-13(2,3)14(4,5)12-17(10-11-17)15(6,7)16(8,9)18;1-2/h18H,10-12H2,1-9H3;1-2H3. The maximum absolute atomic E-state index is 10.5. The number of hydrogen-bond acceptors (Lipinski definition) is 1. The molecule has 1 rings (SSSR count). The van der Waals surface area contributed by atoms with Crippen LogP contribution in [0, 0.1) is 21.7 Å². The van der Waals surface area contributed by atoms with Crippen LogP contribution in [-0.2, 0) is 0 Å². The molecule has 0 spiro atoms. The van der Waals surface area contributed by atoms with Gasteiger partial charge < -0.3 is 5.11 Å². The lowest BCUT2D eigenvalue weighted by Gasteiger charge is -2.50. The van der Waals surface area contributed by atoms with Gasteiger partial charge in [-0.25, -0.2) is 0 Å². The lowest BCUT2D eigenvalue weighted by Crippen LogP contribution is -2.48. The van der Waals surface area contributed by atoms with E-state index in [2.05, 4.69) is 48.5 Å². The molecule has 0 amide bonds. The summed E-state index contributed by atoms with van der Waals surface area (Å²) in [4.78, 5) is 0. The molecule has 0 unspecified atom stereocenters. The third kappa shape index (κ3) is 3.59. The van der Waals surface area contributed by atoms with Crippen molar-refractivity contribution in [2.45, 2.75) is 101 Å². The summed E-state index contributed by atoms with van der Waals surface area (Å²) >= 11 is 0. The van der Waals surface area contributed by atoms with Crippen molar-refractivity contribution in [1.82, 2.24) is 0 Å². The van der Waals surface area contributed by atoms with E-state index < -0.39 is 5.60 Å². The van der Waals surface area contributed by atoms with Gasteiger partial charge in [-0.15, -0.1) is 0 Å². The predicted molar refractivity (Wildman–Crippen MR) is 90.9 cm³/mol. The van der Waals surface area contributed by atoms with Crippen LogP contribution in [0.25, 0.3) is 0 Å². The van der Waals surface area contributed by atoms with Gasteiger partial charge in [0.25, 0.3) is 0 Å². The van der Waals surface area contributed by atoms with E-state index in [0.29, 0.717) is 16.2 Å². The van der Waals surface area contributed by atoms with Gasteiger partial charge in [0.05, 0.1) is 5.60 Å². The maximum Gasteiger partial charge on any atom is 0.0647 e. The van der Waals surface area contributed by atoms with Crippen molar-refractivity contribution in [3.63, 3.8) is 0 Å². The zero-order valence-corrected chi connectivity index (χ0v) is 16.1. The van der Waals surface area contributed by atoms with E-state index in [1.165, 1.54) is 19.3 Å². The number of aliphatic hydroxyl groups is 1. The van der Waals surface area contributed by atoms with Gasteiger partial charge in [0.2, 0.25) is 0 Å². The molecule has 20 heavy (non-hydrogen) atoms. The first-order valence-corrected chi connectivity index (χ1v) is 8.39. The van der Waals surface area contributed by atoms with E-state index in [0.717, 1.165) is 0 Å². The van der Waals surface area contributed by atoms with Crippen molar-refractivity contribution < 1.29 is 5.11 Å². The fourth-order valence-corrected chi connectivity index (χ4v) is 2.93. The van der Waals surface area contributed by atoms with Crippen LogP contribution in [0.15, 0.2) is 0 Å². The first-order chi connectivity index (χ1) is 8.66. The summed E-state index contributed by atoms with van der Waals surface area (Å²) in [7, 11) is 0. The summed E-state index contributed by atoms with van der Waals surface area (Å²) in [5, 5.41) is 10.5. The normalized spacial score (nSPS) is 19.2. The van der Waals surface area contributed by atoms with Crippen LogP contribution in [0.4, 0.5) is 0 Å². The molecule has 1 nitrogen and oxygen atoms in total. The fourth-order valence-electron chi connectivity index (χ4n) is 2.93. The summed E-state index contributed by atoms with van der Waals surface area (Å²) in [6.07, 6.45) is 3.74. The Kier molecular flexibility index (Phi) is 5.62. The van der Waals surface area contributed by atoms with Gasteiger partial charge in [0.1, 0.15) is 0 Å². The Balaban J connectivity index is 0.00000172. The molecule has 0 heterocycles. The average molecular weight is 285 g/mol.